The molecule has 0 radical (unpaired) electrons. The van der Waals surface area contributed by atoms with Gasteiger partial charge in [0.25, 0.3) is 5.91 Å². The van der Waals surface area contributed by atoms with Crippen molar-refractivity contribution in [2.75, 3.05) is 5.32 Å². The molecule has 0 aliphatic rings. The molecule has 0 aliphatic carbocycles. The quantitative estimate of drug-likeness (QED) is 0.689. The molecule has 2 rings (SSSR count). The fraction of sp³-hybridized carbons (Fsp3) is 0.167. The average molecular weight is 405 g/mol. The maximum atomic E-state index is 12.3. The fourth-order valence-corrected chi connectivity index (χ4v) is 2.47. The lowest BCUT2D eigenvalue weighted by Crippen LogP contribution is -2.42. The molecule has 3 N–H and O–H groups in total. The summed E-state index contributed by atoms with van der Waals surface area (Å²) in [6.07, 6.45) is 0.179. The molecule has 2 aromatic rings. The second-order valence-electron chi connectivity index (χ2n) is 5.45. The third-order valence-electron chi connectivity index (χ3n) is 3.42. The van der Waals surface area contributed by atoms with Crippen LogP contribution >= 0.6 is 15.9 Å². The van der Waals surface area contributed by atoms with Crippen molar-refractivity contribution in [1.82, 2.24) is 5.32 Å². The third kappa shape index (κ3) is 5.72. The van der Waals surface area contributed by atoms with Crippen molar-refractivity contribution in [3.63, 3.8) is 0 Å². The van der Waals surface area contributed by atoms with Crippen LogP contribution in [-0.4, -0.2) is 28.9 Å². The first kappa shape index (κ1) is 18.7. The third-order valence-corrected chi connectivity index (χ3v) is 3.95. The summed E-state index contributed by atoms with van der Waals surface area (Å²) in [4.78, 5) is 34.7. The minimum Gasteiger partial charge on any atom is -0.480 e. The molecule has 0 saturated carbocycles. The minimum atomic E-state index is -1.11. The van der Waals surface area contributed by atoms with E-state index in [1.807, 2.05) is 12.1 Å². The smallest absolute Gasteiger partial charge is 0.326 e. The molecule has 1 atom stereocenters. The van der Waals surface area contributed by atoms with Gasteiger partial charge in [-0.25, -0.2) is 4.79 Å². The molecular weight excluding hydrogens is 388 g/mol. The van der Waals surface area contributed by atoms with Crippen LogP contribution in [-0.2, 0) is 16.0 Å². The average Bonchev–Trinajstić information content (AvgIpc) is 2.56. The van der Waals surface area contributed by atoms with Gasteiger partial charge in [0.05, 0.1) is 0 Å². The minimum absolute atomic E-state index is 0.179. The van der Waals surface area contributed by atoms with Crippen LogP contribution in [0.15, 0.2) is 53.0 Å². The first-order valence-electron chi connectivity index (χ1n) is 7.51. The van der Waals surface area contributed by atoms with Crippen molar-refractivity contribution in [3.05, 3.63) is 64.1 Å². The van der Waals surface area contributed by atoms with Gasteiger partial charge in [-0.3, -0.25) is 9.59 Å². The Morgan fingerprint density at radius 1 is 1.04 bits per heavy atom. The SMILES string of the molecule is CC(=O)Nc1ccc(C(=O)N[C@H](Cc2ccc(Br)cc2)C(=O)O)cc1. The van der Waals surface area contributed by atoms with E-state index >= 15 is 0 Å². The van der Waals surface area contributed by atoms with E-state index in [9.17, 15) is 19.5 Å². The van der Waals surface area contributed by atoms with E-state index in [0.717, 1.165) is 10.0 Å². The highest BCUT2D eigenvalue weighted by Crippen LogP contribution is 2.13. The Balaban J connectivity index is 2.05. The Kier molecular flexibility index (Phi) is 6.30. The number of halogens is 1. The number of benzene rings is 2. The van der Waals surface area contributed by atoms with E-state index in [-0.39, 0.29) is 12.3 Å². The number of aliphatic carboxylic acids is 1. The van der Waals surface area contributed by atoms with Gasteiger partial charge in [-0.2, -0.15) is 0 Å². The highest BCUT2D eigenvalue weighted by atomic mass is 79.9. The fourth-order valence-electron chi connectivity index (χ4n) is 2.21. The first-order chi connectivity index (χ1) is 11.8. The zero-order valence-corrected chi connectivity index (χ0v) is 15.0. The lowest BCUT2D eigenvalue weighted by molar-refractivity contribution is -0.139. The van der Waals surface area contributed by atoms with Crippen LogP contribution in [0, 0.1) is 0 Å². The normalized spacial score (nSPS) is 11.4. The number of hydrogen-bond acceptors (Lipinski definition) is 3. The van der Waals surface area contributed by atoms with Gasteiger partial charge in [-0.15, -0.1) is 0 Å². The molecule has 0 aliphatic heterocycles. The molecule has 0 saturated heterocycles. The number of carboxylic acid groups (broad SMARTS) is 1. The van der Waals surface area contributed by atoms with Crippen LogP contribution in [0.5, 0.6) is 0 Å². The highest BCUT2D eigenvalue weighted by Gasteiger charge is 2.21. The molecule has 0 aromatic heterocycles. The molecule has 2 amide bonds. The monoisotopic (exact) mass is 404 g/mol. The molecule has 2 aromatic carbocycles. The number of hydrogen-bond donors (Lipinski definition) is 3. The van der Waals surface area contributed by atoms with Gasteiger partial charge in [0, 0.05) is 29.1 Å². The molecule has 130 valence electrons. The second kappa shape index (κ2) is 8.43. The van der Waals surface area contributed by atoms with E-state index in [0.29, 0.717) is 11.3 Å². The van der Waals surface area contributed by atoms with Crippen LogP contribution in [0.2, 0.25) is 0 Å². The lowest BCUT2D eigenvalue weighted by Gasteiger charge is -2.15. The molecule has 7 heteroatoms. The molecule has 0 bridgehead atoms. The number of carbonyl (C=O) groups is 3. The standard InChI is InChI=1S/C18H17BrN2O4/c1-11(22)20-15-8-4-13(5-9-15)17(23)21-16(18(24)25)10-12-2-6-14(19)7-3-12/h2-9,16H,10H2,1H3,(H,20,22)(H,21,23)(H,24,25)/t16-/m1/s1. The van der Waals surface area contributed by atoms with E-state index in [2.05, 4.69) is 26.6 Å². The molecule has 0 heterocycles. The topological polar surface area (TPSA) is 95.5 Å². The maximum absolute atomic E-state index is 12.3. The summed E-state index contributed by atoms with van der Waals surface area (Å²) in [5.74, 6) is -1.80. The Bertz CT molecular complexity index is 773. The largest absolute Gasteiger partial charge is 0.480 e. The van der Waals surface area contributed by atoms with E-state index in [4.69, 9.17) is 0 Å². The van der Waals surface area contributed by atoms with Crippen LogP contribution in [0.3, 0.4) is 0 Å². The van der Waals surface area contributed by atoms with Gasteiger partial charge in [-0.1, -0.05) is 28.1 Å². The van der Waals surface area contributed by atoms with E-state index in [1.54, 1.807) is 24.3 Å². The van der Waals surface area contributed by atoms with E-state index < -0.39 is 17.9 Å². The van der Waals surface area contributed by atoms with E-state index in [1.165, 1.54) is 19.1 Å². The summed E-state index contributed by atoms with van der Waals surface area (Å²) < 4.78 is 0.895. The molecule has 25 heavy (non-hydrogen) atoms. The summed E-state index contributed by atoms with van der Waals surface area (Å²) in [6, 6.07) is 12.4. The van der Waals surface area contributed by atoms with Crippen LogP contribution < -0.4 is 10.6 Å². The van der Waals surface area contributed by atoms with Crippen molar-refractivity contribution in [3.8, 4) is 0 Å². The Morgan fingerprint density at radius 3 is 2.16 bits per heavy atom. The lowest BCUT2D eigenvalue weighted by atomic mass is 10.1. The van der Waals surface area contributed by atoms with Crippen molar-refractivity contribution >= 4 is 39.4 Å². The van der Waals surface area contributed by atoms with Gasteiger partial charge < -0.3 is 15.7 Å². The molecule has 0 spiro atoms. The van der Waals surface area contributed by atoms with Gasteiger partial charge in [-0.05, 0) is 42.0 Å². The zero-order chi connectivity index (χ0) is 18.4. The number of carbonyl (C=O) groups excluding carboxylic acids is 2. The van der Waals surface area contributed by atoms with Gasteiger partial charge in [0.15, 0.2) is 0 Å². The molecule has 6 nitrogen and oxygen atoms in total. The molecule has 0 fully saturated rings. The highest BCUT2D eigenvalue weighted by molar-refractivity contribution is 9.10. The number of rotatable bonds is 6. The van der Waals surface area contributed by atoms with Gasteiger partial charge in [0.2, 0.25) is 5.91 Å². The van der Waals surface area contributed by atoms with Crippen molar-refractivity contribution in [1.29, 1.82) is 0 Å². The Labute approximate surface area is 153 Å². The Hall–Kier alpha value is -2.67. The van der Waals surface area contributed by atoms with Crippen LogP contribution in [0.4, 0.5) is 5.69 Å². The Morgan fingerprint density at radius 2 is 1.64 bits per heavy atom. The summed E-state index contributed by atoms with van der Waals surface area (Å²) in [5, 5.41) is 14.5. The number of anilines is 1. The predicted octanol–water partition coefficient (Wildman–Crippen LogP) is 2.83. The summed E-state index contributed by atoms with van der Waals surface area (Å²) in [7, 11) is 0. The predicted molar refractivity (Wildman–Crippen MR) is 97.5 cm³/mol. The van der Waals surface area contributed by atoms with Crippen molar-refractivity contribution in [2.24, 2.45) is 0 Å². The molecule has 0 unspecified atom stereocenters. The summed E-state index contributed by atoms with van der Waals surface area (Å²) in [6.45, 7) is 1.39. The zero-order valence-electron chi connectivity index (χ0n) is 13.5. The first-order valence-corrected chi connectivity index (χ1v) is 8.30. The summed E-state index contributed by atoms with van der Waals surface area (Å²) >= 11 is 3.32. The summed E-state index contributed by atoms with van der Waals surface area (Å²) in [5.41, 5.74) is 1.68. The number of amides is 2. The number of carboxylic acids is 1. The van der Waals surface area contributed by atoms with Crippen LogP contribution in [0.25, 0.3) is 0 Å². The maximum Gasteiger partial charge on any atom is 0.326 e. The number of nitrogens with one attached hydrogen (secondary N) is 2. The van der Waals surface area contributed by atoms with Gasteiger partial charge >= 0.3 is 5.97 Å². The second-order valence-corrected chi connectivity index (χ2v) is 6.37. The van der Waals surface area contributed by atoms with Crippen molar-refractivity contribution < 1.29 is 19.5 Å². The van der Waals surface area contributed by atoms with Crippen LogP contribution in [0.1, 0.15) is 22.8 Å². The van der Waals surface area contributed by atoms with Crippen molar-refractivity contribution in [2.45, 2.75) is 19.4 Å². The molecular formula is C18H17BrN2O4. The van der Waals surface area contributed by atoms with Gasteiger partial charge in [0.1, 0.15) is 6.04 Å².